The van der Waals surface area contributed by atoms with Crippen molar-refractivity contribution in [3.63, 3.8) is 0 Å². The summed E-state index contributed by atoms with van der Waals surface area (Å²) in [5.74, 6) is -1.86. The molecule has 0 fully saturated rings. The van der Waals surface area contributed by atoms with Crippen molar-refractivity contribution in [2.45, 2.75) is 109 Å². The highest BCUT2D eigenvalue weighted by Crippen LogP contribution is 2.53. The molecule has 0 amide bonds. The lowest BCUT2D eigenvalue weighted by Gasteiger charge is -2.26. The van der Waals surface area contributed by atoms with Crippen LogP contribution in [0.1, 0.15) is 116 Å². The van der Waals surface area contributed by atoms with E-state index in [9.17, 15) is 5.41 Å². The first-order valence-electron chi connectivity index (χ1n) is 18.0. The second-order valence-corrected chi connectivity index (χ2v) is 15.0. The molecule has 50 heavy (non-hydrogen) atoms. The summed E-state index contributed by atoms with van der Waals surface area (Å²) in [6.45, 7) is 29.2. The van der Waals surface area contributed by atoms with Gasteiger partial charge >= 0.3 is 0 Å². The summed E-state index contributed by atoms with van der Waals surface area (Å²) in [7, 11) is 0. The zero-order chi connectivity index (χ0) is 37.0. The molecule has 1 N–H and O–H groups in total. The van der Waals surface area contributed by atoms with Crippen molar-refractivity contribution in [3.05, 3.63) is 148 Å². The van der Waals surface area contributed by atoms with Crippen LogP contribution in [0.2, 0.25) is 0 Å². The predicted molar refractivity (Wildman–Crippen MR) is 215 cm³/mol. The molecule has 1 unspecified atom stereocenters. The lowest BCUT2D eigenvalue weighted by atomic mass is 9.83. The summed E-state index contributed by atoms with van der Waals surface area (Å²) >= 11 is 0. The quantitative estimate of drug-likeness (QED) is 0.181. The van der Waals surface area contributed by atoms with Crippen molar-refractivity contribution in [2.75, 3.05) is 0 Å². The molecule has 3 aromatic carbocycles. The SMILES string of the molecule is CC/C(C(=N)/C=C/c1c(C)cc(C)cc1C)=C(\C)C1=C(c2c(C)cc(C)cc2C)c2c(C)c(C)c(/C=C/c3c(C)cc(C)cc3C)n2C1(C)F. The molecule has 0 aliphatic carbocycles. The smallest absolute Gasteiger partial charge is 0.211 e. The maximum Gasteiger partial charge on any atom is 0.211 e. The molecule has 1 atom stereocenters. The number of alkyl halides is 1. The molecule has 4 aromatic rings. The molecule has 1 aromatic heterocycles. The lowest BCUT2D eigenvalue weighted by molar-refractivity contribution is 0.152. The number of halogens is 1. The van der Waals surface area contributed by atoms with E-state index in [1.165, 1.54) is 44.5 Å². The van der Waals surface area contributed by atoms with E-state index in [1.807, 2.05) is 17.6 Å². The molecule has 260 valence electrons. The number of nitrogens with one attached hydrogen (secondary N) is 1. The number of hydrogen-bond acceptors (Lipinski definition) is 1. The van der Waals surface area contributed by atoms with Crippen LogP contribution in [0.15, 0.2) is 59.2 Å². The lowest BCUT2D eigenvalue weighted by Crippen LogP contribution is -2.26. The number of hydrogen-bond donors (Lipinski definition) is 1. The second-order valence-electron chi connectivity index (χ2n) is 15.0. The van der Waals surface area contributed by atoms with Crippen molar-refractivity contribution in [1.29, 1.82) is 5.41 Å². The Balaban J connectivity index is 1.78. The van der Waals surface area contributed by atoms with Gasteiger partial charge in [0, 0.05) is 16.8 Å². The summed E-state index contributed by atoms with van der Waals surface area (Å²) in [5, 5.41) is 9.34. The van der Waals surface area contributed by atoms with Crippen molar-refractivity contribution >= 4 is 29.5 Å². The van der Waals surface area contributed by atoms with E-state index in [0.717, 1.165) is 61.5 Å². The minimum absolute atomic E-state index is 0.416. The maximum atomic E-state index is 18.3. The highest BCUT2D eigenvalue weighted by molar-refractivity contribution is 6.10. The van der Waals surface area contributed by atoms with Crippen molar-refractivity contribution in [1.82, 2.24) is 4.57 Å². The van der Waals surface area contributed by atoms with Crippen LogP contribution in [0.25, 0.3) is 23.8 Å². The van der Waals surface area contributed by atoms with Crippen LogP contribution in [0.5, 0.6) is 0 Å². The average Bonchev–Trinajstić information content (AvgIpc) is 3.38. The third kappa shape index (κ3) is 6.32. The number of nitrogens with zero attached hydrogens (tertiary/aromatic N) is 1. The van der Waals surface area contributed by atoms with Gasteiger partial charge in [-0.25, -0.2) is 4.39 Å². The Kier molecular flexibility index (Phi) is 10.0. The van der Waals surface area contributed by atoms with Crippen LogP contribution in [-0.2, 0) is 5.79 Å². The van der Waals surface area contributed by atoms with Crippen molar-refractivity contribution < 1.29 is 4.39 Å². The van der Waals surface area contributed by atoms with Gasteiger partial charge in [0.25, 0.3) is 0 Å². The molecule has 0 bridgehead atoms. The number of benzene rings is 3. The molecule has 1 aliphatic heterocycles. The van der Waals surface area contributed by atoms with E-state index >= 15 is 4.39 Å². The summed E-state index contributed by atoms with van der Waals surface area (Å²) in [6.07, 6.45) is 8.84. The zero-order valence-corrected chi connectivity index (χ0v) is 32.8. The van der Waals surface area contributed by atoms with E-state index in [0.29, 0.717) is 17.7 Å². The van der Waals surface area contributed by atoms with E-state index in [2.05, 4.69) is 138 Å². The van der Waals surface area contributed by atoms with Gasteiger partial charge in [0.05, 0.1) is 11.4 Å². The highest BCUT2D eigenvalue weighted by Gasteiger charge is 2.46. The van der Waals surface area contributed by atoms with Gasteiger partial charge in [-0.1, -0.05) is 72.2 Å². The van der Waals surface area contributed by atoms with Crippen molar-refractivity contribution in [2.24, 2.45) is 0 Å². The summed E-state index contributed by atoms with van der Waals surface area (Å²) < 4.78 is 20.2. The number of aryl methyl sites for hydroxylation is 9. The predicted octanol–water partition coefficient (Wildman–Crippen LogP) is 13.0. The minimum Gasteiger partial charge on any atom is -0.304 e. The Morgan fingerprint density at radius 1 is 0.680 bits per heavy atom. The molecular weight excluding hydrogens is 612 g/mol. The van der Waals surface area contributed by atoms with E-state index < -0.39 is 5.79 Å². The van der Waals surface area contributed by atoms with Crippen LogP contribution in [0.4, 0.5) is 4.39 Å². The molecule has 0 radical (unpaired) electrons. The molecule has 1 aliphatic rings. The molecule has 2 heterocycles. The van der Waals surface area contributed by atoms with Gasteiger partial charge in [-0.2, -0.15) is 0 Å². The van der Waals surface area contributed by atoms with Crippen LogP contribution < -0.4 is 0 Å². The van der Waals surface area contributed by atoms with Gasteiger partial charge in [0.1, 0.15) is 0 Å². The number of fused-ring (bicyclic) bond motifs is 1. The molecule has 0 saturated heterocycles. The molecule has 3 heteroatoms. The fraction of sp³-hybridized carbons (Fsp3) is 0.340. The van der Waals surface area contributed by atoms with E-state index in [1.54, 1.807) is 6.92 Å². The third-order valence-corrected chi connectivity index (χ3v) is 10.9. The van der Waals surface area contributed by atoms with Gasteiger partial charge < -0.3 is 9.98 Å². The van der Waals surface area contributed by atoms with Gasteiger partial charge in [-0.05, 0) is 181 Å². The van der Waals surface area contributed by atoms with Gasteiger partial charge in [-0.15, -0.1) is 0 Å². The second kappa shape index (κ2) is 13.7. The first kappa shape index (κ1) is 36.8. The first-order chi connectivity index (χ1) is 23.4. The van der Waals surface area contributed by atoms with Crippen LogP contribution in [0.3, 0.4) is 0 Å². The van der Waals surface area contributed by atoms with Gasteiger partial charge in [0.15, 0.2) is 0 Å². The number of aromatic nitrogens is 1. The normalized spacial score (nSPS) is 16.6. The zero-order valence-electron chi connectivity index (χ0n) is 32.8. The Morgan fingerprint density at radius 2 is 1.12 bits per heavy atom. The Bertz CT molecular complexity index is 2120. The Labute approximate surface area is 300 Å². The fourth-order valence-corrected chi connectivity index (χ4v) is 8.71. The minimum atomic E-state index is -1.86. The Morgan fingerprint density at radius 3 is 1.58 bits per heavy atom. The van der Waals surface area contributed by atoms with E-state index in [4.69, 9.17) is 0 Å². The topological polar surface area (TPSA) is 28.8 Å². The van der Waals surface area contributed by atoms with Gasteiger partial charge in [-0.3, -0.25) is 0 Å². The summed E-state index contributed by atoms with van der Waals surface area (Å²) in [5.41, 5.74) is 21.8. The first-order valence-corrected chi connectivity index (χ1v) is 18.0. The molecule has 2 nitrogen and oxygen atoms in total. The fourth-order valence-electron chi connectivity index (χ4n) is 8.71. The largest absolute Gasteiger partial charge is 0.304 e. The highest BCUT2D eigenvalue weighted by atomic mass is 19.1. The standard InChI is InChI=1S/C47H55FN2/c1-15-38(41(49)18-16-39-29(5)20-26(2)21-30(39)6)37(13)45-44(43-33(9)24-28(4)25-34(43)10)46-36(12)35(11)42(50(46)47(45,14)48)19-17-40-31(7)22-27(3)23-32(40)8/h16-25,49H,15H2,1-14H3/b18-16+,19-17+,38-37-,49-41?. The monoisotopic (exact) mass is 666 g/mol. The summed E-state index contributed by atoms with van der Waals surface area (Å²) in [4.78, 5) is 0. The van der Waals surface area contributed by atoms with Crippen LogP contribution >= 0.6 is 0 Å². The average molecular weight is 667 g/mol. The molecule has 0 saturated carbocycles. The van der Waals surface area contributed by atoms with Gasteiger partial charge in [0.2, 0.25) is 5.79 Å². The molecular formula is C47H55FN2. The summed E-state index contributed by atoms with van der Waals surface area (Å²) in [6, 6.07) is 13.2. The Hall–Kier alpha value is -4.50. The molecule has 0 spiro atoms. The third-order valence-electron chi connectivity index (χ3n) is 10.9. The number of allylic oxidation sites excluding steroid dienone is 4. The van der Waals surface area contributed by atoms with Crippen LogP contribution in [-0.4, -0.2) is 10.3 Å². The van der Waals surface area contributed by atoms with E-state index in [-0.39, 0.29) is 0 Å². The maximum absolute atomic E-state index is 18.3. The van der Waals surface area contributed by atoms with Crippen LogP contribution in [0, 0.1) is 81.6 Å². The van der Waals surface area contributed by atoms with Crippen molar-refractivity contribution in [3.8, 4) is 0 Å². The molecule has 5 rings (SSSR count). The number of rotatable bonds is 8.